The molecule has 4 rings (SSSR count). The molecule has 0 spiro atoms. The molecule has 7 nitrogen and oxygen atoms in total. The molecule has 0 unspecified atom stereocenters. The van der Waals surface area contributed by atoms with Crippen molar-refractivity contribution >= 4 is 44.2 Å². The monoisotopic (exact) mass is 432 g/mol. The van der Waals surface area contributed by atoms with Gasteiger partial charge in [-0.25, -0.2) is 9.97 Å². The summed E-state index contributed by atoms with van der Waals surface area (Å²) in [6.07, 6.45) is 0. The van der Waals surface area contributed by atoms with Crippen LogP contribution in [0.2, 0.25) is 0 Å². The van der Waals surface area contributed by atoms with Crippen LogP contribution in [0.15, 0.2) is 42.5 Å². The van der Waals surface area contributed by atoms with E-state index in [0.29, 0.717) is 0 Å². The van der Waals surface area contributed by atoms with Crippen LogP contribution in [0.3, 0.4) is 0 Å². The standard InChI is InChI=1S/C25H32N6O/c1-30(2)14-12-26-24-20-9-7-6-8-18(20)22-23(28-24)19-11-10-17(32-5)16-21(19)25(29-22)27-13-15-31(3)4/h6-11,16H,12-15H2,1-5H3,(H,26,28)(H,27,29). The number of anilines is 2. The van der Waals surface area contributed by atoms with Crippen LogP contribution in [0, 0.1) is 0 Å². The number of fused-ring (bicyclic) bond motifs is 5. The van der Waals surface area contributed by atoms with Gasteiger partial charge in [-0.3, -0.25) is 0 Å². The molecule has 0 bridgehead atoms. The van der Waals surface area contributed by atoms with Gasteiger partial charge in [0, 0.05) is 47.7 Å². The van der Waals surface area contributed by atoms with Gasteiger partial charge in [0.1, 0.15) is 17.4 Å². The lowest BCUT2D eigenvalue weighted by Crippen LogP contribution is -2.21. The summed E-state index contributed by atoms with van der Waals surface area (Å²) in [7, 11) is 9.97. The van der Waals surface area contributed by atoms with E-state index in [4.69, 9.17) is 14.7 Å². The van der Waals surface area contributed by atoms with E-state index >= 15 is 0 Å². The Balaban J connectivity index is 1.92. The molecule has 0 aliphatic rings. The van der Waals surface area contributed by atoms with Crippen molar-refractivity contribution < 1.29 is 4.74 Å². The van der Waals surface area contributed by atoms with Crippen molar-refractivity contribution in [2.24, 2.45) is 0 Å². The molecule has 2 aromatic heterocycles. The molecule has 4 aromatic rings. The van der Waals surface area contributed by atoms with Gasteiger partial charge in [0.25, 0.3) is 0 Å². The molecule has 2 heterocycles. The van der Waals surface area contributed by atoms with Gasteiger partial charge >= 0.3 is 0 Å². The third-order valence-corrected chi connectivity index (χ3v) is 5.55. The number of hydrogen-bond donors (Lipinski definition) is 2. The summed E-state index contributed by atoms with van der Waals surface area (Å²) in [6, 6.07) is 14.5. The van der Waals surface area contributed by atoms with Gasteiger partial charge < -0.3 is 25.2 Å². The van der Waals surface area contributed by atoms with E-state index in [1.807, 2.05) is 12.1 Å². The van der Waals surface area contributed by atoms with E-state index in [-0.39, 0.29) is 0 Å². The van der Waals surface area contributed by atoms with Crippen molar-refractivity contribution in [3.05, 3.63) is 42.5 Å². The molecular formula is C25H32N6O. The Morgan fingerprint density at radius 3 is 1.81 bits per heavy atom. The topological polar surface area (TPSA) is 65.6 Å². The van der Waals surface area contributed by atoms with E-state index in [1.165, 1.54) is 0 Å². The number of nitrogens with zero attached hydrogens (tertiary/aromatic N) is 4. The van der Waals surface area contributed by atoms with Crippen molar-refractivity contribution in [2.45, 2.75) is 0 Å². The molecular weight excluding hydrogens is 400 g/mol. The number of likely N-dealkylation sites (N-methyl/N-ethyl adjacent to an activating group) is 2. The molecule has 0 aliphatic heterocycles. The first-order chi connectivity index (χ1) is 15.5. The number of methoxy groups -OCH3 is 1. The number of benzene rings is 2. The maximum atomic E-state index is 5.50. The van der Waals surface area contributed by atoms with E-state index in [2.05, 4.69) is 79.0 Å². The van der Waals surface area contributed by atoms with E-state index in [1.54, 1.807) is 7.11 Å². The summed E-state index contributed by atoms with van der Waals surface area (Å²) in [5.74, 6) is 2.55. The lowest BCUT2D eigenvalue weighted by atomic mass is 10.0. The average molecular weight is 433 g/mol. The summed E-state index contributed by atoms with van der Waals surface area (Å²) in [4.78, 5) is 14.4. The Morgan fingerprint density at radius 1 is 0.719 bits per heavy atom. The maximum absolute atomic E-state index is 5.50. The Labute approximate surface area is 189 Å². The van der Waals surface area contributed by atoms with Gasteiger partial charge in [-0.2, -0.15) is 0 Å². The Bertz CT molecular complexity index is 1240. The van der Waals surface area contributed by atoms with Crippen LogP contribution in [0.4, 0.5) is 11.6 Å². The second-order valence-electron chi connectivity index (χ2n) is 8.54. The Morgan fingerprint density at radius 2 is 1.25 bits per heavy atom. The Hall–Kier alpha value is -3.16. The number of pyridine rings is 2. The molecule has 32 heavy (non-hydrogen) atoms. The van der Waals surface area contributed by atoms with Crippen LogP contribution < -0.4 is 15.4 Å². The van der Waals surface area contributed by atoms with Gasteiger partial charge in [-0.1, -0.05) is 24.3 Å². The first-order valence-electron chi connectivity index (χ1n) is 11.0. The summed E-state index contributed by atoms with van der Waals surface area (Å²) in [5.41, 5.74) is 1.80. The summed E-state index contributed by atoms with van der Waals surface area (Å²) in [5, 5.41) is 11.3. The third kappa shape index (κ3) is 4.54. The third-order valence-electron chi connectivity index (χ3n) is 5.55. The van der Waals surface area contributed by atoms with Gasteiger partial charge in [0.2, 0.25) is 0 Å². The van der Waals surface area contributed by atoms with E-state index < -0.39 is 0 Å². The predicted octanol–water partition coefficient (Wildman–Crippen LogP) is 3.89. The van der Waals surface area contributed by atoms with Crippen LogP contribution in [-0.4, -0.2) is 81.2 Å². The molecule has 2 aromatic carbocycles. The fourth-order valence-corrected chi connectivity index (χ4v) is 3.84. The number of ether oxygens (including phenoxy) is 1. The van der Waals surface area contributed by atoms with E-state index in [9.17, 15) is 0 Å². The van der Waals surface area contributed by atoms with Gasteiger partial charge in [0.15, 0.2) is 0 Å². The second kappa shape index (κ2) is 9.54. The quantitative estimate of drug-likeness (QED) is 0.389. The highest BCUT2D eigenvalue weighted by Crippen LogP contribution is 2.36. The normalized spacial score (nSPS) is 11.7. The van der Waals surface area contributed by atoms with Crippen molar-refractivity contribution in [3.63, 3.8) is 0 Å². The SMILES string of the molecule is COc1ccc2c(c1)c(NCCN(C)C)nc1c3ccccc3c(NCCN(C)C)nc21. The lowest BCUT2D eigenvalue weighted by molar-refractivity contribution is 0.415. The minimum Gasteiger partial charge on any atom is -0.497 e. The van der Waals surface area contributed by atoms with Crippen molar-refractivity contribution in [1.29, 1.82) is 0 Å². The highest BCUT2D eigenvalue weighted by Gasteiger charge is 2.16. The zero-order valence-electron chi connectivity index (χ0n) is 19.6. The fraction of sp³-hybridized carbons (Fsp3) is 0.360. The fourth-order valence-electron chi connectivity index (χ4n) is 3.84. The van der Waals surface area contributed by atoms with Crippen LogP contribution in [0.25, 0.3) is 32.6 Å². The number of nitrogens with one attached hydrogen (secondary N) is 2. The molecule has 0 aliphatic carbocycles. The van der Waals surface area contributed by atoms with Gasteiger partial charge in [0.05, 0.1) is 18.1 Å². The number of rotatable bonds is 9. The predicted molar refractivity (Wildman–Crippen MR) is 135 cm³/mol. The molecule has 168 valence electrons. The largest absolute Gasteiger partial charge is 0.497 e. The zero-order valence-corrected chi connectivity index (χ0v) is 19.6. The first kappa shape index (κ1) is 22.0. The highest BCUT2D eigenvalue weighted by atomic mass is 16.5. The molecule has 0 saturated heterocycles. The molecule has 0 saturated carbocycles. The molecule has 0 radical (unpaired) electrons. The maximum Gasteiger partial charge on any atom is 0.134 e. The van der Waals surface area contributed by atoms with Crippen molar-refractivity contribution in [3.8, 4) is 5.75 Å². The molecule has 0 amide bonds. The zero-order chi connectivity index (χ0) is 22.7. The molecule has 2 N–H and O–H groups in total. The van der Waals surface area contributed by atoms with E-state index in [0.717, 1.165) is 76.1 Å². The minimum atomic E-state index is 0.799. The summed E-state index contributed by atoms with van der Waals surface area (Å²) in [6.45, 7) is 3.46. The van der Waals surface area contributed by atoms with Crippen LogP contribution >= 0.6 is 0 Å². The van der Waals surface area contributed by atoms with Crippen LogP contribution in [0.5, 0.6) is 5.75 Å². The van der Waals surface area contributed by atoms with Crippen LogP contribution in [0.1, 0.15) is 0 Å². The van der Waals surface area contributed by atoms with Gasteiger partial charge in [-0.15, -0.1) is 0 Å². The molecule has 0 fully saturated rings. The highest BCUT2D eigenvalue weighted by molar-refractivity contribution is 6.18. The lowest BCUT2D eigenvalue weighted by Gasteiger charge is -2.17. The van der Waals surface area contributed by atoms with Crippen molar-refractivity contribution in [2.75, 3.05) is 72.1 Å². The van der Waals surface area contributed by atoms with Gasteiger partial charge in [-0.05, 0) is 46.4 Å². The molecule has 7 heteroatoms. The smallest absolute Gasteiger partial charge is 0.134 e. The first-order valence-corrected chi connectivity index (χ1v) is 11.0. The summed E-state index contributed by atoms with van der Waals surface area (Å²) >= 11 is 0. The minimum absolute atomic E-state index is 0.799. The molecule has 0 atom stereocenters. The van der Waals surface area contributed by atoms with Crippen molar-refractivity contribution in [1.82, 2.24) is 19.8 Å². The second-order valence-corrected chi connectivity index (χ2v) is 8.54. The average Bonchev–Trinajstić information content (AvgIpc) is 2.78. The van der Waals surface area contributed by atoms with Crippen LogP contribution in [-0.2, 0) is 0 Å². The Kier molecular flexibility index (Phi) is 6.58. The number of hydrogen-bond acceptors (Lipinski definition) is 7. The summed E-state index contributed by atoms with van der Waals surface area (Å²) < 4.78 is 5.50. The number of aromatic nitrogens is 2.